The second-order valence-corrected chi connectivity index (χ2v) is 8.21. The Kier molecular flexibility index (Phi) is 4.80. The fraction of sp³-hybridized carbons (Fsp3) is 0.0833. The zero-order valence-corrected chi connectivity index (χ0v) is 17.9. The summed E-state index contributed by atoms with van der Waals surface area (Å²) in [4.78, 5) is 23.0. The number of pyridine rings is 1. The fourth-order valence-corrected chi connectivity index (χ4v) is 4.30. The molecule has 0 fully saturated rings. The summed E-state index contributed by atoms with van der Waals surface area (Å²) >= 11 is 1.53. The summed E-state index contributed by atoms with van der Waals surface area (Å²) in [7, 11) is 1.78. The van der Waals surface area contributed by atoms with Crippen LogP contribution in [-0.4, -0.2) is 25.7 Å². The lowest BCUT2D eigenvalue weighted by Gasteiger charge is -2.10. The highest BCUT2D eigenvalue weighted by atomic mass is 32.1. The predicted molar refractivity (Wildman–Crippen MR) is 124 cm³/mol. The zero-order valence-electron chi connectivity index (χ0n) is 17.0. The molecule has 5 rings (SSSR count). The molecule has 3 aromatic heterocycles. The van der Waals surface area contributed by atoms with Crippen molar-refractivity contribution in [2.24, 2.45) is 7.05 Å². The summed E-state index contributed by atoms with van der Waals surface area (Å²) in [5.41, 5.74) is 5.77. The number of carbonyl (C=O) groups is 1. The molecule has 0 unspecified atom stereocenters. The van der Waals surface area contributed by atoms with Crippen molar-refractivity contribution in [2.45, 2.75) is 6.92 Å². The van der Waals surface area contributed by atoms with Crippen LogP contribution in [-0.2, 0) is 7.05 Å². The molecule has 0 saturated carbocycles. The van der Waals surface area contributed by atoms with Crippen LogP contribution in [0.2, 0.25) is 0 Å². The first-order valence-electron chi connectivity index (χ1n) is 9.82. The largest absolute Gasteiger partial charge is 0.320 e. The third-order valence-corrected chi connectivity index (χ3v) is 6.11. The standard InChI is InChI=1S/C24H19N5OS/c1-15-10-11-17(23-27-18-9-6-12-25-24(18)31-23)13-19(15)26-22(30)21-14-20(28-29(21)2)16-7-4-3-5-8-16/h3-14H,1-2H3,(H,26,30). The molecule has 5 aromatic rings. The molecule has 152 valence electrons. The number of fused-ring (bicyclic) bond motifs is 1. The van der Waals surface area contributed by atoms with Crippen LogP contribution >= 0.6 is 11.3 Å². The third kappa shape index (κ3) is 3.71. The number of benzene rings is 2. The highest BCUT2D eigenvalue weighted by Crippen LogP contribution is 2.31. The van der Waals surface area contributed by atoms with E-state index in [9.17, 15) is 4.79 Å². The zero-order chi connectivity index (χ0) is 21.4. The van der Waals surface area contributed by atoms with Crippen LogP contribution in [0.25, 0.3) is 32.2 Å². The molecule has 0 bridgehead atoms. The second-order valence-electron chi connectivity index (χ2n) is 7.23. The highest BCUT2D eigenvalue weighted by molar-refractivity contribution is 7.21. The van der Waals surface area contributed by atoms with Crippen LogP contribution in [0.1, 0.15) is 16.1 Å². The highest BCUT2D eigenvalue weighted by Gasteiger charge is 2.16. The Balaban J connectivity index is 1.44. The Labute approximate surface area is 183 Å². The number of thiazole rings is 1. The maximum Gasteiger partial charge on any atom is 0.273 e. The lowest BCUT2D eigenvalue weighted by atomic mass is 10.1. The van der Waals surface area contributed by atoms with E-state index in [0.29, 0.717) is 5.69 Å². The van der Waals surface area contributed by atoms with Crippen molar-refractivity contribution >= 4 is 33.3 Å². The monoisotopic (exact) mass is 425 g/mol. The first-order chi connectivity index (χ1) is 15.1. The van der Waals surface area contributed by atoms with Gasteiger partial charge in [-0.25, -0.2) is 9.97 Å². The van der Waals surface area contributed by atoms with E-state index in [-0.39, 0.29) is 5.91 Å². The summed E-state index contributed by atoms with van der Waals surface area (Å²) in [6, 6.07) is 21.4. The number of aryl methyl sites for hydroxylation is 2. The molecule has 1 amide bonds. The normalized spacial score (nSPS) is 11.0. The summed E-state index contributed by atoms with van der Waals surface area (Å²) in [5.74, 6) is -0.205. The molecule has 0 saturated heterocycles. The van der Waals surface area contributed by atoms with Gasteiger partial charge in [0.05, 0.1) is 5.69 Å². The summed E-state index contributed by atoms with van der Waals surface area (Å²) in [6.07, 6.45) is 1.77. The number of hydrogen-bond acceptors (Lipinski definition) is 5. The van der Waals surface area contributed by atoms with Crippen LogP contribution < -0.4 is 5.32 Å². The number of hydrogen-bond donors (Lipinski definition) is 1. The van der Waals surface area contributed by atoms with E-state index in [0.717, 1.165) is 43.4 Å². The van der Waals surface area contributed by atoms with Crippen LogP contribution in [0.15, 0.2) is 72.9 Å². The number of anilines is 1. The topological polar surface area (TPSA) is 72.7 Å². The minimum atomic E-state index is -0.205. The van der Waals surface area contributed by atoms with Gasteiger partial charge in [-0.1, -0.05) is 53.8 Å². The van der Waals surface area contributed by atoms with Crippen molar-refractivity contribution in [2.75, 3.05) is 5.32 Å². The molecular formula is C24H19N5OS. The Morgan fingerprint density at radius 1 is 1.00 bits per heavy atom. The molecule has 0 spiro atoms. The van der Waals surface area contributed by atoms with Crippen molar-refractivity contribution in [1.29, 1.82) is 0 Å². The van der Waals surface area contributed by atoms with Gasteiger partial charge < -0.3 is 5.32 Å². The number of amides is 1. The van der Waals surface area contributed by atoms with Gasteiger partial charge in [0.1, 0.15) is 21.0 Å². The molecule has 0 aliphatic carbocycles. The van der Waals surface area contributed by atoms with Gasteiger partial charge in [0.15, 0.2) is 0 Å². The molecule has 0 radical (unpaired) electrons. The summed E-state index contributed by atoms with van der Waals surface area (Å²) < 4.78 is 1.61. The van der Waals surface area contributed by atoms with Crippen LogP contribution in [0.4, 0.5) is 5.69 Å². The number of aromatic nitrogens is 4. The maximum atomic E-state index is 13.0. The van der Waals surface area contributed by atoms with E-state index in [1.165, 1.54) is 11.3 Å². The molecule has 0 aliphatic rings. The van der Waals surface area contributed by atoms with E-state index in [1.54, 1.807) is 17.9 Å². The average Bonchev–Trinajstić information content (AvgIpc) is 3.39. The Hall–Kier alpha value is -3.84. The minimum Gasteiger partial charge on any atom is -0.320 e. The molecule has 7 heteroatoms. The minimum absolute atomic E-state index is 0.205. The van der Waals surface area contributed by atoms with Crippen LogP contribution in [0.3, 0.4) is 0 Å². The van der Waals surface area contributed by atoms with E-state index >= 15 is 0 Å². The number of nitrogens with one attached hydrogen (secondary N) is 1. The van der Waals surface area contributed by atoms with Gasteiger partial charge in [0.2, 0.25) is 0 Å². The van der Waals surface area contributed by atoms with Gasteiger partial charge in [-0.15, -0.1) is 0 Å². The Morgan fingerprint density at radius 3 is 2.65 bits per heavy atom. The van der Waals surface area contributed by atoms with Crippen LogP contribution in [0.5, 0.6) is 0 Å². The Bertz CT molecular complexity index is 1370. The molecule has 6 nitrogen and oxygen atoms in total. The molecule has 0 aliphatic heterocycles. The van der Waals surface area contributed by atoms with Gasteiger partial charge >= 0.3 is 0 Å². The third-order valence-electron chi connectivity index (χ3n) is 5.08. The van der Waals surface area contributed by atoms with Crippen molar-refractivity contribution in [1.82, 2.24) is 19.7 Å². The average molecular weight is 426 g/mol. The van der Waals surface area contributed by atoms with Crippen molar-refractivity contribution < 1.29 is 4.79 Å². The molecule has 0 atom stereocenters. The van der Waals surface area contributed by atoms with Gasteiger partial charge in [0, 0.05) is 30.1 Å². The number of rotatable bonds is 4. The predicted octanol–water partition coefficient (Wildman–Crippen LogP) is 5.32. The molecule has 1 N–H and O–H groups in total. The number of carbonyl (C=O) groups excluding carboxylic acids is 1. The van der Waals surface area contributed by atoms with Crippen molar-refractivity contribution in [3.63, 3.8) is 0 Å². The van der Waals surface area contributed by atoms with Gasteiger partial charge in [-0.3, -0.25) is 9.48 Å². The van der Waals surface area contributed by atoms with Crippen LogP contribution in [0, 0.1) is 6.92 Å². The van der Waals surface area contributed by atoms with Crippen molar-refractivity contribution in [3.8, 4) is 21.8 Å². The van der Waals surface area contributed by atoms with E-state index < -0.39 is 0 Å². The fourth-order valence-electron chi connectivity index (χ4n) is 3.40. The maximum absolute atomic E-state index is 13.0. The second kappa shape index (κ2) is 7.77. The number of nitrogens with zero attached hydrogens (tertiary/aromatic N) is 4. The molecule has 31 heavy (non-hydrogen) atoms. The van der Waals surface area contributed by atoms with Gasteiger partial charge in [-0.05, 0) is 36.8 Å². The summed E-state index contributed by atoms with van der Waals surface area (Å²) in [5, 5.41) is 8.40. The molecular weight excluding hydrogens is 406 g/mol. The van der Waals surface area contributed by atoms with Gasteiger partial charge in [0.25, 0.3) is 5.91 Å². The van der Waals surface area contributed by atoms with E-state index in [2.05, 4.69) is 20.4 Å². The molecule has 2 aromatic carbocycles. The lowest BCUT2D eigenvalue weighted by Crippen LogP contribution is -2.16. The smallest absolute Gasteiger partial charge is 0.273 e. The quantitative estimate of drug-likeness (QED) is 0.423. The van der Waals surface area contributed by atoms with E-state index in [4.69, 9.17) is 0 Å². The Morgan fingerprint density at radius 2 is 1.84 bits per heavy atom. The van der Waals surface area contributed by atoms with E-state index in [1.807, 2.05) is 73.7 Å². The first-order valence-corrected chi connectivity index (χ1v) is 10.6. The molecule has 3 heterocycles. The summed E-state index contributed by atoms with van der Waals surface area (Å²) in [6.45, 7) is 1.97. The lowest BCUT2D eigenvalue weighted by molar-refractivity contribution is 0.101. The first kappa shape index (κ1) is 19.1. The van der Waals surface area contributed by atoms with Crippen molar-refractivity contribution in [3.05, 3.63) is 84.2 Å². The van der Waals surface area contributed by atoms with Gasteiger partial charge in [-0.2, -0.15) is 5.10 Å². The SMILES string of the molecule is Cc1ccc(-c2nc3cccnc3s2)cc1NC(=O)c1cc(-c2ccccc2)nn1C.